The third-order valence-corrected chi connectivity index (χ3v) is 6.15. The molecule has 3 heterocycles. The van der Waals surface area contributed by atoms with Crippen LogP contribution >= 0.6 is 0 Å². The maximum absolute atomic E-state index is 12.2. The molecule has 2 fully saturated rings. The molecule has 1 aromatic carbocycles. The van der Waals surface area contributed by atoms with E-state index in [2.05, 4.69) is 18.1 Å². The van der Waals surface area contributed by atoms with Crippen LogP contribution in [0.5, 0.6) is 0 Å². The summed E-state index contributed by atoms with van der Waals surface area (Å²) < 4.78 is 13.3. The number of fused-ring (bicyclic) bond motifs is 1. The van der Waals surface area contributed by atoms with Crippen molar-refractivity contribution in [2.45, 2.75) is 64.0 Å². The van der Waals surface area contributed by atoms with Crippen LogP contribution in [0.25, 0.3) is 10.9 Å². The third-order valence-electron chi connectivity index (χ3n) is 6.15. The standard InChI is InChI=1S/C22H32N4O3/c1-2-3-11-29-22(27)25-9-7-16(8-10-25)18-14-20-17(13-19(18)23)15-24-26(20)21-6-4-5-12-28-21/h13-16,21H,2-12,23H2,1H3. The Morgan fingerprint density at radius 3 is 2.83 bits per heavy atom. The van der Waals surface area contributed by atoms with Gasteiger partial charge in [0, 0.05) is 30.8 Å². The van der Waals surface area contributed by atoms with Crippen LogP contribution < -0.4 is 5.73 Å². The molecule has 7 nitrogen and oxygen atoms in total. The van der Waals surface area contributed by atoms with Gasteiger partial charge in [-0.15, -0.1) is 0 Å². The fraction of sp³-hybridized carbons (Fsp3) is 0.636. The van der Waals surface area contributed by atoms with Crippen molar-refractivity contribution in [3.63, 3.8) is 0 Å². The van der Waals surface area contributed by atoms with Crippen LogP contribution in [0.2, 0.25) is 0 Å². The summed E-state index contributed by atoms with van der Waals surface area (Å²) in [5.74, 6) is 0.342. The summed E-state index contributed by atoms with van der Waals surface area (Å²) in [6.45, 7) is 4.80. The highest BCUT2D eigenvalue weighted by molar-refractivity contribution is 5.84. The lowest BCUT2D eigenvalue weighted by atomic mass is 9.88. The molecule has 1 unspecified atom stereocenters. The third kappa shape index (κ3) is 4.34. The van der Waals surface area contributed by atoms with Crippen molar-refractivity contribution in [3.8, 4) is 0 Å². The summed E-state index contributed by atoms with van der Waals surface area (Å²) in [7, 11) is 0. The van der Waals surface area contributed by atoms with Crippen molar-refractivity contribution in [1.29, 1.82) is 0 Å². The second-order valence-corrected chi connectivity index (χ2v) is 8.18. The second kappa shape index (κ2) is 9.03. The van der Waals surface area contributed by atoms with Gasteiger partial charge in [-0.05, 0) is 62.1 Å². The molecule has 1 aromatic heterocycles. The average Bonchev–Trinajstić information content (AvgIpc) is 3.16. The van der Waals surface area contributed by atoms with Crippen molar-refractivity contribution in [2.24, 2.45) is 0 Å². The summed E-state index contributed by atoms with van der Waals surface area (Å²) >= 11 is 0. The minimum absolute atomic E-state index is 0.0115. The molecule has 2 aliphatic rings. The number of amides is 1. The Balaban J connectivity index is 1.46. The summed E-state index contributed by atoms with van der Waals surface area (Å²) in [4.78, 5) is 14.0. The molecule has 2 N–H and O–H groups in total. The number of benzene rings is 1. The Labute approximate surface area is 172 Å². The number of unbranched alkanes of at least 4 members (excludes halogenated alkanes) is 1. The number of rotatable bonds is 5. The molecular formula is C22H32N4O3. The van der Waals surface area contributed by atoms with Crippen LogP contribution in [0.15, 0.2) is 18.3 Å². The number of likely N-dealkylation sites (tertiary alicyclic amines) is 1. The van der Waals surface area contributed by atoms with E-state index in [0.717, 1.165) is 67.3 Å². The van der Waals surface area contributed by atoms with E-state index in [1.165, 1.54) is 6.42 Å². The van der Waals surface area contributed by atoms with Crippen LogP contribution in [-0.4, -0.2) is 47.1 Å². The van der Waals surface area contributed by atoms with Crippen LogP contribution in [0.1, 0.15) is 69.6 Å². The Morgan fingerprint density at radius 2 is 2.10 bits per heavy atom. The molecule has 0 spiro atoms. The number of hydrogen-bond donors (Lipinski definition) is 1. The monoisotopic (exact) mass is 400 g/mol. The van der Waals surface area contributed by atoms with Gasteiger partial charge in [-0.3, -0.25) is 0 Å². The number of nitrogens with two attached hydrogens (primary N) is 1. The van der Waals surface area contributed by atoms with Gasteiger partial charge in [-0.2, -0.15) is 5.10 Å². The van der Waals surface area contributed by atoms with E-state index in [1.807, 2.05) is 21.8 Å². The van der Waals surface area contributed by atoms with Crippen molar-refractivity contribution < 1.29 is 14.3 Å². The van der Waals surface area contributed by atoms with E-state index in [9.17, 15) is 4.79 Å². The number of ether oxygens (including phenoxy) is 2. The molecule has 0 bridgehead atoms. The van der Waals surface area contributed by atoms with Gasteiger partial charge in [0.15, 0.2) is 6.23 Å². The van der Waals surface area contributed by atoms with E-state index in [4.69, 9.17) is 15.2 Å². The van der Waals surface area contributed by atoms with E-state index in [1.54, 1.807) is 0 Å². The largest absolute Gasteiger partial charge is 0.449 e. The number of anilines is 1. The number of carbonyl (C=O) groups excluding carboxylic acids is 1. The lowest BCUT2D eigenvalue weighted by Crippen LogP contribution is -2.38. The Morgan fingerprint density at radius 1 is 1.28 bits per heavy atom. The number of nitrogen functional groups attached to an aromatic ring is 1. The Bertz CT molecular complexity index is 836. The van der Waals surface area contributed by atoms with Gasteiger partial charge in [0.2, 0.25) is 0 Å². The fourth-order valence-corrected chi connectivity index (χ4v) is 4.39. The van der Waals surface area contributed by atoms with Gasteiger partial charge in [-0.1, -0.05) is 13.3 Å². The van der Waals surface area contributed by atoms with Crippen LogP contribution in [-0.2, 0) is 9.47 Å². The smallest absolute Gasteiger partial charge is 0.409 e. The first-order valence-corrected chi connectivity index (χ1v) is 11.0. The normalized spacial score (nSPS) is 20.9. The first kappa shape index (κ1) is 20.0. The number of nitrogens with zero attached hydrogens (tertiary/aromatic N) is 3. The Kier molecular flexibility index (Phi) is 6.23. The number of carbonyl (C=O) groups is 1. The molecule has 0 saturated carbocycles. The van der Waals surface area contributed by atoms with Crippen LogP contribution in [0, 0.1) is 0 Å². The molecular weight excluding hydrogens is 368 g/mol. The zero-order chi connectivity index (χ0) is 20.2. The summed E-state index contributed by atoms with van der Waals surface area (Å²) in [5.41, 5.74) is 9.46. The van der Waals surface area contributed by atoms with Gasteiger partial charge in [0.25, 0.3) is 0 Å². The summed E-state index contributed by atoms with van der Waals surface area (Å²) in [5, 5.41) is 5.64. The molecule has 1 amide bonds. The van der Waals surface area contributed by atoms with Gasteiger partial charge in [-0.25, -0.2) is 9.48 Å². The zero-order valence-corrected chi connectivity index (χ0v) is 17.3. The molecule has 158 valence electrons. The summed E-state index contributed by atoms with van der Waals surface area (Å²) in [6.07, 6.45) is 8.71. The highest BCUT2D eigenvalue weighted by atomic mass is 16.6. The molecule has 4 rings (SSSR count). The Hall–Kier alpha value is -2.28. The van der Waals surface area contributed by atoms with Crippen molar-refractivity contribution in [3.05, 3.63) is 23.9 Å². The minimum Gasteiger partial charge on any atom is -0.449 e. The molecule has 2 aromatic rings. The second-order valence-electron chi connectivity index (χ2n) is 8.18. The maximum atomic E-state index is 12.2. The fourth-order valence-electron chi connectivity index (χ4n) is 4.39. The zero-order valence-electron chi connectivity index (χ0n) is 17.3. The molecule has 2 aliphatic heterocycles. The first-order valence-electron chi connectivity index (χ1n) is 11.0. The van der Waals surface area contributed by atoms with Gasteiger partial charge in [0.05, 0.1) is 18.3 Å². The molecule has 7 heteroatoms. The molecule has 2 saturated heterocycles. The van der Waals surface area contributed by atoms with Crippen molar-refractivity contribution >= 4 is 22.7 Å². The van der Waals surface area contributed by atoms with E-state index >= 15 is 0 Å². The first-order chi connectivity index (χ1) is 14.2. The van der Waals surface area contributed by atoms with E-state index < -0.39 is 0 Å². The van der Waals surface area contributed by atoms with Gasteiger partial charge in [0.1, 0.15) is 0 Å². The van der Waals surface area contributed by atoms with Crippen LogP contribution in [0.4, 0.5) is 10.5 Å². The molecule has 29 heavy (non-hydrogen) atoms. The molecule has 0 radical (unpaired) electrons. The number of piperidine rings is 1. The van der Waals surface area contributed by atoms with Gasteiger partial charge >= 0.3 is 6.09 Å². The number of hydrogen-bond acceptors (Lipinski definition) is 5. The predicted molar refractivity (Wildman–Crippen MR) is 113 cm³/mol. The SMILES string of the molecule is CCCCOC(=O)N1CCC(c2cc3c(cnn3C3CCCCO3)cc2N)CC1. The molecule has 1 atom stereocenters. The highest BCUT2D eigenvalue weighted by Crippen LogP contribution is 2.36. The lowest BCUT2D eigenvalue weighted by molar-refractivity contribution is -0.0366. The van der Waals surface area contributed by atoms with E-state index in [-0.39, 0.29) is 12.3 Å². The topological polar surface area (TPSA) is 82.6 Å². The predicted octanol–water partition coefficient (Wildman–Crippen LogP) is 4.43. The minimum atomic E-state index is -0.187. The highest BCUT2D eigenvalue weighted by Gasteiger charge is 2.27. The van der Waals surface area contributed by atoms with Crippen molar-refractivity contribution in [1.82, 2.24) is 14.7 Å². The summed E-state index contributed by atoms with van der Waals surface area (Å²) in [6, 6.07) is 4.22. The van der Waals surface area contributed by atoms with Crippen LogP contribution in [0.3, 0.4) is 0 Å². The average molecular weight is 401 g/mol. The quantitative estimate of drug-likeness (QED) is 0.593. The maximum Gasteiger partial charge on any atom is 0.409 e. The van der Waals surface area contributed by atoms with Crippen molar-refractivity contribution in [2.75, 3.05) is 32.0 Å². The lowest BCUT2D eigenvalue weighted by Gasteiger charge is -2.32. The van der Waals surface area contributed by atoms with E-state index in [0.29, 0.717) is 25.6 Å². The molecule has 0 aliphatic carbocycles. The number of aromatic nitrogens is 2. The van der Waals surface area contributed by atoms with Gasteiger partial charge < -0.3 is 20.1 Å².